The third-order valence-electron chi connectivity index (χ3n) is 3.14. The van der Waals surface area contributed by atoms with Gasteiger partial charge in [0.25, 0.3) is 0 Å². The highest BCUT2D eigenvalue weighted by molar-refractivity contribution is 5.66. The summed E-state index contributed by atoms with van der Waals surface area (Å²) in [5.74, 6) is -2.87. The van der Waals surface area contributed by atoms with Crippen LogP contribution in [-0.2, 0) is 33.2 Å². The number of hydrogen-bond acceptors (Lipinski definition) is 7. The van der Waals surface area contributed by atoms with E-state index >= 15 is 0 Å². The zero-order valence-corrected chi connectivity index (χ0v) is 11.8. The summed E-state index contributed by atoms with van der Waals surface area (Å²) < 4.78 is 32.8. The first-order valence-corrected chi connectivity index (χ1v) is 6.10. The van der Waals surface area contributed by atoms with Crippen molar-refractivity contribution in [3.8, 4) is 0 Å². The van der Waals surface area contributed by atoms with Crippen molar-refractivity contribution in [2.45, 2.75) is 50.8 Å². The van der Waals surface area contributed by atoms with Gasteiger partial charge in [0.15, 0.2) is 11.9 Å². The fourth-order valence-corrected chi connectivity index (χ4v) is 2.51. The van der Waals surface area contributed by atoms with Crippen LogP contribution < -0.4 is 0 Å². The molecular weight excluding hydrogens is 256 g/mol. The van der Waals surface area contributed by atoms with E-state index in [1.54, 1.807) is 13.8 Å². The van der Waals surface area contributed by atoms with Gasteiger partial charge in [-0.15, -0.1) is 0 Å². The topological polar surface area (TPSA) is 72.5 Å². The maximum Gasteiger partial charge on any atom is 0.359 e. The van der Waals surface area contributed by atoms with Gasteiger partial charge in [0.2, 0.25) is 0 Å². The minimum atomic E-state index is -1.61. The van der Waals surface area contributed by atoms with Crippen molar-refractivity contribution in [3.63, 3.8) is 0 Å². The van der Waals surface area contributed by atoms with Crippen molar-refractivity contribution in [1.29, 1.82) is 0 Å². The third kappa shape index (κ3) is 2.61. The lowest BCUT2D eigenvalue weighted by Gasteiger charge is -2.43. The van der Waals surface area contributed by atoms with Gasteiger partial charge >= 0.3 is 11.9 Å². The fraction of sp³-hybridized carbons (Fsp3) is 0.917. The molecule has 0 aromatic rings. The quantitative estimate of drug-likeness (QED) is 0.546. The maximum absolute atomic E-state index is 11.2. The molecule has 0 amide bonds. The lowest BCUT2D eigenvalue weighted by atomic mass is 10.0. The molecular formula is C12H20O7. The zero-order valence-electron chi connectivity index (χ0n) is 11.8. The van der Waals surface area contributed by atoms with E-state index in [9.17, 15) is 4.79 Å². The Morgan fingerprint density at radius 1 is 1.26 bits per heavy atom. The molecule has 7 heteroatoms. The predicted octanol–water partition coefficient (Wildman–Crippen LogP) is 0.415. The molecule has 7 nitrogen and oxygen atoms in total. The van der Waals surface area contributed by atoms with Gasteiger partial charge in [-0.25, -0.2) is 0 Å². The summed E-state index contributed by atoms with van der Waals surface area (Å²) in [5.41, 5.74) is 0. The van der Waals surface area contributed by atoms with Gasteiger partial charge in [-0.3, -0.25) is 4.79 Å². The SMILES string of the molecule is COC1[C@H]2OC(C)(C)OC2CO[C@]1(OC)OC(C)=O. The van der Waals surface area contributed by atoms with E-state index in [-0.39, 0.29) is 12.7 Å². The number of carbonyl (C=O) groups excluding carboxylic acids is 1. The van der Waals surface area contributed by atoms with Gasteiger partial charge in [-0.2, -0.15) is 0 Å². The normalized spacial score (nSPS) is 40.8. The molecule has 19 heavy (non-hydrogen) atoms. The van der Waals surface area contributed by atoms with E-state index in [2.05, 4.69) is 0 Å². The Morgan fingerprint density at radius 3 is 2.47 bits per heavy atom. The van der Waals surface area contributed by atoms with Crippen LogP contribution in [0.4, 0.5) is 0 Å². The molecule has 0 aromatic carbocycles. The molecule has 0 aliphatic carbocycles. The van der Waals surface area contributed by atoms with Crippen LogP contribution in [0.25, 0.3) is 0 Å². The summed E-state index contributed by atoms with van der Waals surface area (Å²) in [6, 6.07) is 0. The second-order valence-electron chi connectivity index (χ2n) is 5.01. The molecule has 2 heterocycles. The molecule has 0 N–H and O–H groups in total. The van der Waals surface area contributed by atoms with Gasteiger partial charge in [0.1, 0.15) is 12.2 Å². The Hall–Kier alpha value is -0.730. The monoisotopic (exact) mass is 276 g/mol. The van der Waals surface area contributed by atoms with Crippen molar-refractivity contribution >= 4 is 5.97 Å². The lowest BCUT2D eigenvalue weighted by molar-refractivity contribution is -0.418. The number of esters is 1. The molecule has 0 radical (unpaired) electrons. The van der Waals surface area contributed by atoms with Crippen molar-refractivity contribution in [2.75, 3.05) is 20.8 Å². The first kappa shape index (κ1) is 14.7. The molecule has 2 fully saturated rings. The number of hydrogen-bond donors (Lipinski definition) is 0. The molecule has 0 bridgehead atoms. The van der Waals surface area contributed by atoms with Crippen LogP contribution in [0.1, 0.15) is 20.8 Å². The van der Waals surface area contributed by atoms with E-state index in [1.165, 1.54) is 21.1 Å². The molecule has 2 aliphatic rings. The van der Waals surface area contributed by atoms with Gasteiger partial charge in [0.05, 0.1) is 6.61 Å². The third-order valence-corrected chi connectivity index (χ3v) is 3.14. The van der Waals surface area contributed by atoms with Crippen LogP contribution in [0.5, 0.6) is 0 Å². The molecule has 2 unspecified atom stereocenters. The molecule has 2 aliphatic heterocycles. The van der Waals surface area contributed by atoms with E-state index in [4.69, 9.17) is 28.4 Å². The maximum atomic E-state index is 11.2. The summed E-state index contributed by atoms with van der Waals surface area (Å²) in [7, 11) is 2.86. The minimum Gasteiger partial charge on any atom is -0.406 e. The smallest absolute Gasteiger partial charge is 0.359 e. The average Bonchev–Trinajstić information content (AvgIpc) is 2.62. The Balaban J connectivity index is 2.26. The number of carbonyl (C=O) groups is 1. The van der Waals surface area contributed by atoms with Gasteiger partial charge in [0, 0.05) is 21.1 Å². The minimum absolute atomic E-state index is 0.190. The Kier molecular flexibility index (Phi) is 3.85. The van der Waals surface area contributed by atoms with Gasteiger partial charge < -0.3 is 28.4 Å². The molecule has 0 spiro atoms. The fourth-order valence-electron chi connectivity index (χ4n) is 2.51. The van der Waals surface area contributed by atoms with Crippen LogP contribution in [0, 0.1) is 0 Å². The largest absolute Gasteiger partial charge is 0.406 e. The summed E-state index contributed by atoms with van der Waals surface area (Å²) in [5, 5.41) is 0. The van der Waals surface area contributed by atoms with E-state index < -0.39 is 29.9 Å². The average molecular weight is 276 g/mol. The van der Waals surface area contributed by atoms with E-state index in [0.29, 0.717) is 0 Å². The first-order chi connectivity index (χ1) is 8.83. The van der Waals surface area contributed by atoms with Crippen LogP contribution in [-0.4, -0.2) is 56.9 Å². The number of ether oxygens (including phenoxy) is 6. The number of methoxy groups -OCH3 is 2. The Bertz CT molecular complexity index is 356. The second-order valence-corrected chi connectivity index (χ2v) is 5.01. The number of fused-ring (bicyclic) bond motifs is 1. The van der Waals surface area contributed by atoms with Crippen molar-refractivity contribution in [1.82, 2.24) is 0 Å². The summed E-state index contributed by atoms with van der Waals surface area (Å²) in [6.45, 7) is 5.07. The van der Waals surface area contributed by atoms with Gasteiger partial charge in [-0.1, -0.05) is 0 Å². The first-order valence-electron chi connectivity index (χ1n) is 6.10. The highest BCUT2D eigenvalue weighted by Gasteiger charge is 2.60. The highest BCUT2D eigenvalue weighted by atomic mass is 16.9. The second kappa shape index (κ2) is 4.99. The van der Waals surface area contributed by atoms with Crippen LogP contribution in [0.15, 0.2) is 0 Å². The molecule has 110 valence electrons. The summed E-state index contributed by atoms with van der Waals surface area (Å²) in [4.78, 5) is 11.2. The summed E-state index contributed by atoms with van der Waals surface area (Å²) >= 11 is 0. The molecule has 0 aromatic heterocycles. The Morgan fingerprint density at radius 2 is 1.95 bits per heavy atom. The van der Waals surface area contributed by atoms with Gasteiger partial charge in [-0.05, 0) is 13.8 Å². The van der Waals surface area contributed by atoms with E-state index in [0.717, 1.165) is 0 Å². The van der Waals surface area contributed by atoms with E-state index in [1.807, 2.05) is 0 Å². The molecule has 2 rings (SSSR count). The highest BCUT2D eigenvalue weighted by Crippen LogP contribution is 2.40. The van der Waals surface area contributed by atoms with Crippen molar-refractivity contribution < 1.29 is 33.2 Å². The number of rotatable bonds is 3. The molecule has 0 saturated carbocycles. The standard InChI is InChI=1S/C12H20O7/c1-7(13)17-12(15-5)10(14-4)9-8(6-16-12)18-11(2,3)19-9/h8-10H,6H2,1-5H3/t8?,9-,10?,12-/m0/s1. The van der Waals surface area contributed by atoms with Crippen LogP contribution in [0.2, 0.25) is 0 Å². The van der Waals surface area contributed by atoms with Crippen molar-refractivity contribution in [3.05, 3.63) is 0 Å². The van der Waals surface area contributed by atoms with Crippen LogP contribution >= 0.6 is 0 Å². The van der Waals surface area contributed by atoms with Crippen LogP contribution in [0.3, 0.4) is 0 Å². The molecule has 4 atom stereocenters. The Labute approximate surface area is 112 Å². The zero-order chi connectivity index (χ0) is 14.3. The summed E-state index contributed by atoms with van der Waals surface area (Å²) in [6.07, 6.45) is -1.46. The van der Waals surface area contributed by atoms with Crippen molar-refractivity contribution in [2.24, 2.45) is 0 Å². The predicted molar refractivity (Wildman–Crippen MR) is 62.1 cm³/mol. The molecule has 2 saturated heterocycles. The lowest BCUT2D eigenvalue weighted by Crippen LogP contribution is -2.63.